The molecule has 5 aromatic rings. The van der Waals surface area contributed by atoms with Crippen LogP contribution < -0.4 is 14.8 Å². The molecule has 1 aliphatic carbocycles. The van der Waals surface area contributed by atoms with Gasteiger partial charge in [-0.25, -0.2) is 14.4 Å². The van der Waals surface area contributed by atoms with Crippen LogP contribution in [0.4, 0.5) is 4.39 Å². The van der Waals surface area contributed by atoms with Gasteiger partial charge < -0.3 is 14.8 Å². The maximum Gasteiger partial charge on any atom is 0.253 e. The number of hydrogen-bond donors (Lipinski definition) is 1. The monoisotopic (exact) mass is 539 g/mol. The van der Waals surface area contributed by atoms with Crippen molar-refractivity contribution in [1.82, 2.24) is 35.0 Å². The molecule has 0 radical (unpaired) electrons. The van der Waals surface area contributed by atoms with Gasteiger partial charge in [0.05, 0.1) is 42.9 Å². The Hall–Kier alpha value is -4.93. The molecule has 1 fully saturated rings. The van der Waals surface area contributed by atoms with Gasteiger partial charge in [-0.2, -0.15) is 0 Å². The smallest absolute Gasteiger partial charge is 0.253 e. The molecule has 11 heteroatoms. The zero-order valence-electron chi connectivity index (χ0n) is 21.9. The third kappa shape index (κ3) is 4.70. The lowest BCUT2D eigenvalue weighted by Gasteiger charge is -2.35. The molecule has 0 atom stereocenters. The minimum absolute atomic E-state index is 0.0366. The molecule has 1 saturated carbocycles. The largest absolute Gasteiger partial charge is 0.495 e. The van der Waals surface area contributed by atoms with Crippen LogP contribution in [0.3, 0.4) is 0 Å². The number of nitrogens with zero attached hydrogens (tertiary/aromatic N) is 6. The third-order valence-corrected chi connectivity index (χ3v) is 6.93. The minimum Gasteiger partial charge on any atom is -0.495 e. The molecule has 202 valence electrons. The summed E-state index contributed by atoms with van der Waals surface area (Å²) < 4.78 is 27.4. The second kappa shape index (κ2) is 10.7. The molecule has 0 bridgehead atoms. The fourth-order valence-electron chi connectivity index (χ4n) is 4.88. The number of pyridine rings is 3. The van der Waals surface area contributed by atoms with Crippen LogP contribution in [0.5, 0.6) is 11.5 Å². The van der Waals surface area contributed by atoms with E-state index in [1.807, 2.05) is 6.92 Å². The van der Waals surface area contributed by atoms with Crippen LogP contribution >= 0.6 is 0 Å². The minimum atomic E-state index is -0.395. The van der Waals surface area contributed by atoms with Gasteiger partial charge in [-0.05, 0) is 50.1 Å². The molecule has 4 heterocycles. The number of para-hydroxylation sites is 1. The Balaban J connectivity index is 1.24. The van der Waals surface area contributed by atoms with Crippen molar-refractivity contribution in [2.45, 2.75) is 31.7 Å². The van der Waals surface area contributed by atoms with E-state index in [0.717, 1.165) is 0 Å². The Morgan fingerprint density at radius 2 is 1.88 bits per heavy atom. The summed E-state index contributed by atoms with van der Waals surface area (Å²) in [5.41, 5.74) is 2.40. The highest BCUT2D eigenvalue weighted by molar-refractivity contribution is 6.04. The van der Waals surface area contributed by atoms with E-state index >= 15 is 0 Å². The van der Waals surface area contributed by atoms with Crippen molar-refractivity contribution in [1.29, 1.82) is 0 Å². The van der Waals surface area contributed by atoms with Gasteiger partial charge in [-0.3, -0.25) is 14.3 Å². The van der Waals surface area contributed by atoms with E-state index in [0.29, 0.717) is 70.6 Å². The molecule has 40 heavy (non-hydrogen) atoms. The van der Waals surface area contributed by atoms with Crippen LogP contribution in [-0.4, -0.2) is 55.4 Å². The summed E-state index contributed by atoms with van der Waals surface area (Å²) in [5.74, 6) is 1.59. The van der Waals surface area contributed by atoms with Crippen molar-refractivity contribution >= 4 is 16.9 Å². The van der Waals surface area contributed by atoms with Crippen molar-refractivity contribution in [3.05, 3.63) is 84.3 Å². The number of aromatic nitrogens is 6. The Kier molecular flexibility index (Phi) is 6.77. The van der Waals surface area contributed by atoms with Gasteiger partial charge in [0, 0.05) is 24.2 Å². The van der Waals surface area contributed by atoms with Crippen LogP contribution in [0.15, 0.2) is 67.1 Å². The Bertz CT molecular complexity index is 1680. The second-order valence-electron chi connectivity index (χ2n) is 9.42. The first-order chi connectivity index (χ1) is 19.6. The lowest BCUT2D eigenvalue weighted by atomic mass is 9.79. The molecule has 10 nitrogen and oxygen atoms in total. The first-order valence-electron chi connectivity index (χ1n) is 12.9. The van der Waals surface area contributed by atoms with Gasteiger partial charge in [0.1, 0.15) is 34.4 Å². The summed E-state index contributed by atoms with van der Waals surface area (Å²) in [7, 11) is 1.55. The predicted molar refractivity (Wildman–Crippen MR) is 145 cm³/mol. The zero-order valence-corrected chi connectivity index (χ0v) is 21.9. The van der Waals surface area contributed by atoms with Gasteiger partial charge >= 0.3 is 0 Å². The summed E-state index contributed by atoms with van der Waals surface area (Å²) in [6.45, 7) is 2.43. The average molecular weight is 540 g/mol. The fourth-order valence-corrected chi connectivity index (χ4v) is 4.88. The molecule has 0 saturated heterocycles. The SMILES string of the molecule is CCOc1ccc(-c2nnc(C3CC(NC(=O)c4ccnc5cc(OC)cnc45)C3)n2-c2ccccc2F)nc1. The Morgan fingerprint density at radius 3 is 2.62 bits per heavy atom. The standard InChI is InChI=1S/C29H26FN7O3/c1-3-40-19-8-9-23(32-15-19)28-36-35-27(37(28)25-7-5-4-6-22(25)30)17-12-18(13-17)34-29(38)21-10-11-31-24-14-20(39-2)16-33-26(21)24/h4-11,14-18H,3,12-13H2,1-2H3,(H,34,38). The van der Waals surface area contributed by atoms with E-state index in [2.05, 4.69) is 30.5 Å². The number of ether oxygens (including phenoxy) is 2. The number of fused-ring (bicyclic) bond motifs is 1. The lowest BCUT2D eigenvalue weighted by molar-refractivity contribution is 0.0908. The third-order valence-electron chi connectivity index (χ3n) is 6.93. The first-order valence-corrected chi connectivity index (χ1v) is 12.9. The highest BCUT2D eigenvalue weighted by Crippen LogP contribution is 2.39. The molecule has 0 unspecified atom stereocenters. The number of benzene rings is 1. The Labute approximate surface area is 229 Å². The summed E-state index contributed by atoms with van der Waals surface area (Å²) in [4.78, 5) is 26.3. The number of carbonyl (C=O) groups excluding carboxylic acids is 1. The molecule has 1 aromatic carbocycles. The molecule has 0 spiro atoms. The van der Waals surface area contributed by atoms with Crippen LogP contribution in [-0.2, 0) is 0 Å². The van der Waals surface area contributed by atoms with Crippen LogP contribution in [0.1, 0.15) is 41.9 Å². The summed E-state index contributed by atoms with van der Waals surface area (Å²) in [6.07, 6.45) is 6.00. The topological polar surface area (TPSA) is 117 Å². The molecular weight excluding hydrogens is 513 g/mol. The fraction of sp³-hybridized carbons (Fsp3) is 0.241. The molecule has 1 aliphatic rings. The average Bonchev–Trinajstić information content (AvgIpc) is 3.39. The number of carbonyl (C=O) groups is 1. The van der Waals surface area contributed by atoms with Crippen molar-refractivity contribution in [2.24, 2.45) is 0 Å². The van der Waals surface area contributed by atoms with Crippen molar-refractivity contribution < 1.29 is 18.7 Å². The number of hydrogen-bond acceptors (Lipinski definition) is 8. The van der Waals surface area contributed by atoms with Crippen molar-refractivity contribution in [3.63, 3.8) is 0 Å². The summed E-state index contributed by atoms with van der Waals surface area (Å²) >= 11 is 0. The first kappa shape index (κ1) is 25.4. The van der Waals surface area contributed by atoms with E-state index in [1.54, 1.807) is 72.7 Å². The van der Waals surface area contributed by atoms with Gasteiger partial charge in [-0.1, -0.05) is 12.1 Å². The number of rotatable bonds is 8. The number of amides is 1. The number of methoxy groups -OCH3 is 1. The van der Waals surface area contributed by atoms with Crippen LogP contribution in [0, 0.1) is 5.82 Å². The summed E-state index contributed by atoms with van der Waals surface area (Å²) in [5, 5.41) is 11.9. The molecule has 1 N–H and O–H groups in total. The highest BCUT2D eigenvalue weighted by Gasteiger charge is 2.37. The van der Waals surface area contributed by atoms with E-state index < -0.39 is 5.82 Å². The van der Waals surface area contributed by atoms with E-state index in [1.165, 1.54) is 6.07 Å². The highest BCUT2D eigenvalue weighted by atomic mass is 19.1. The van der Waals surface area contributed by atoms with Gasteiger partial charge in [-0.15, -0.1) is 10.2 Å². The van der Waals surface area contributed by atoms with E-state index in [-0.39, 0.29) is 17.9 Å². The summed E-state index contributed by atoms with van der Waals surface area (Å²) in [6, 6.07) is 13.4. The van der Waals surface area contributed by atoms with E-state index in [9.17, 15) is 9.18 Å². The van der Waals surface area contributed by atoms with Gasteiger partial charge in [0.2, 0.25) is 0 Å². The molecule has 1 amide bonds. The maximum absolute atomic E-state index is 15.0. The molecule has 6 rings (SSSR count). The predicted octanol–water partition coefficient (Wildman–Crippen LogP) is 4.49. The Morgan fingerprint density at radius 1 is 1.05 bits per heavy atom. The quantitative estimate of drug-likeness (QED) is 0.307. The van der Waals surface area contributed by atoms with Gasteiger partial charge in [0.25, 0.3) is 5.91 Å². The number of halogens is 1. The lowest BCUT2D eigenvalue weighted by Crippen LogP contribution is -2.44. The van der Waals surface area contributed by atoms with Crippen molar-refractivity contribution in [3.8, 4) is 28.7 Å². The van der Waals surface area contributed by atoms with Crippen LogP contribution in [0.2, 0.25) is 0 Å². The van der Waals surface area contributed by atoms with Gasteiger partial charge in [0.15, 0.2) is 5.82 Å². The zero-order chi connectivity index (χ0) is 27.6. The van der Waals surface area contributed by atoms with Crippen molar-refractivity contribution in [2.75, 3.05) is 13.7 Å². The molecule has 0 aliphatic heterocycles. The van der Waals surface area contributed by atoms with E-state index in [4.69, 9.17) is 9.47 Å². The molecule has 4 aromatic heterocycles. The maximum atomic E-state index is 15.0. The second-order valence-corrected chi connectivity index (χ2v) is 9.42. The normalized spacial score (nSPS) is 16.4. The van der Waals surface area contributed by atoms with Crippen LogP contribution in [0.25, 0.3) is 28.2 Å². The molecular formula is C29H26FN7O3. The number of nitrogens with one attached hydrogen (secondary N) is 1.